The molecule has 8 nitrogen and oxygen atoms in total. The largest absolute Gasteiger partial charge is 0.466 e. The predicted molar refractivity (Wildman–Crippen MR) is 125 cm³/mol. The van der Waals surface area contributed by atoms with Crippen molar-refractivity contribution in [3.05, 3.63) is 113 Å². The summed E-state index contributed by atoms with van der Waals surface area (Å²) in [4.78, 5) is 41.2. The number of rotatable bonds is 5. The third kappa shape index (κ3) is 4.44. The van der Waals surface area contributed by atoms with Crippen LogP contribution < -0.4 is 14.9 Å². The van der Waals surface area contributed by atoms with Gasteiger partial charge in [0.2, 0.25) is 0 Å². The first-order valence-corrected chi connectivity index (χ1v) is 10.8. The van der Waals surface area contributed by atoms with Crippen LogP contribution in [0.5, 0.6) is 0 Å². The molecule has 0 saturated heterocycles. The van der Waals surface area contributed by atoms with E-state index in [4.69, 9.17) is 4.74 Å². The van der Waals surface area contributed by atoms with Gasteiger partial charge in [-0.25, -0.2) is 9.79 Å². The van der Waals surface area contributed by atoms with Crippen molar-refractivity contribution in [1.29, 1.82) is 0 Å². The summed E-state index contributed by atoms with van der Waals surface area (Å²) < 4.78 is 6.84. The summed E-state index contributed by atoms with van der Waals surface area (Å²) in [6, 6.07) is 14.8. The highest BCUT2D eigenvalue weighted by Gasteiger charge is 2.30. The van der Waals surface area contributed by atoms with Gasteiger partial charge in [0.05, 0.1) is 33.9 Å². The summed E-state index contributed by atoms with van der Waals surface area (Å²) in [6.07, 6.45) is 5.29. The third-order valence-electron chi connectivity index (χ3n) is 5.14. The average molecular weight is 461 g/mol. The van der Waals surface area contributed by atoms with E-state index in [-0.39, 0.29) is 11.2 Å². The lowest BCUT2D eigenvalue weighted by Gasteiger charge is -2.21. The molecule has 33 heavy (non-hydrogen) atoms. The summed E-state index contributed by atoms with van der Waals surface area (Å²) in [5, 5.41) is 10.9. The highest BCUT2D eigenvalue weighted by atomic mass is 32.1. The fourth-order valence-corrected chi connectivity index (χ4v) is 4.58. The molecule has 1 aliphatic rings. The van der Waals surface area contributed by atoms with Gasteiger partial charge in [0.1, 0.15) is 0 Å². The smallest absolute Gasteiger partial charge is 0.338 e. The van der Waals surface area contributed by atoms with Crippen LogP contribution in [-0.2, 0) is 9.53 Å². The molecule has 0 saturated carbocycles. The average Bonchev–Trinajstić information content (AvgIpc) is 3.12. The first-order chi connectivity index (χ1) is 15.9. The highest BCUT2D eigenvalue weighted by Crippen LogP contribution is 2.26. The minimum atomic E-state index is -0.687. The van der Waals surface area contributed by atoms with E-state index in [2.05, 4.69) is 4.99 Å². The summed E-state index contributed by atoms with van der Waals surface area (Å²) in [7, 11) is 1.29. The normalized spacial score (nSPS) is 15.9. The van der Waals surface area contributed by atoms with Gasteiger partial charge in [0.25, 0.3) is 11.2 Å². The Labute approximate surface area is 192 Å². The lowest BCUT2D eigenvalue weighted by molar-refractivity contribution is -0.384. The fraction of sp³-hybridized carbons (Fsp3) is 0.125. The lowest BCUT2D eigenvalue weighted by Crippen LogP contribution is -2.38. The Hall–Kier alpha value is -4.11. The van der Waals surface area contributed by atoms with Crippen LogP contribution in [0, 0.1) is 10.1 Å². The van der Waals surface area contributed by atoms with E-state index >= 15 is 0 Å². The van der Waals surface area contributed by atoms with Crippen molar-refractivity contribution < 1.29 is 14.5 Å². The van der Waals surface area contributed by atoms with Crippen molar-refractivity contribution in [3.63, 3.8) is 0 Å². The van der Waals surface area contributed by atoms with Gasteiger partial charge in [-0.05, 0) is 36.3 Å². The minimum absolute atomic E-state index is 0.0296. The SMILES string of the molecule is COC(=O)C1=C(C)N=c2sc(=Cc3ccc([N+](=O)[O-])cc3)c(=O)n2C1C=Cc1ccccc1. The second-order valence-electron chi connectivity index (χ2n) is 7.23. The molecule has 9 heteroatoms. The molecule has 1 atom stereocenters. The van der Waals surface area contributed by atoms with Gasteiger partial charge in [-0.2, -0.15) is 0 Å². The zero-order valence-corrected chi connectivity index (χ0v) is 18.6. The number of nitro groups is 1. The van der Waals surface area contributed by atoms with Crippen LogP contribution in [-0.4, -0.2) is 22.6 Å². The number of nitrogens with zero attached hydrogens (tertiary/aromatic N) is 3. The number of aromatic nitrogens is 1. The van der Waals surface area contributed by atoms with Crippen molar-refractivity contribution in [3.8, 4) is 0 Å². The monoisotopic (exact) mass is 461 g/mol. The van der Waals surface area contributed by atoms with E-state index in [0.717, 1.165) is 5.56 Å². The van der Waals surface area contributed by atoms with Crippen molar-refractivity contribution in [2.45, 2.75) is 13.0 Å². The molecule has 0 spiro atoms. The Bertz CT molecular complexity index is 1460. The number of nitro benzene ring substituents is 1. The van der Waals surface area contributed by atoms with Gasteiger partial charge < -0.3 is 4.74 Å². The first kappa shape index (κ1) is 22.1. The maximum absolute atomic E-state index is 13.3. The summed E-state index contributed by atoms with van der Waals surface area (Å²) in [5.74, 6) is -0.552. The number of methoxy groups -OCH3 is 1. The molecule has 166 valence electrons. The van der Waals surface area contributed by atoms with E-state index in [1.165, 1.54) is 35.1 Å². The van der Waals surface area contributed by atoms with Crippen LogP contribution in [0.15, 0.2) is 81.7 Å². The minimum Gasteiger partial charge on any atom is -0.466 e. The lowest BCUT2D eigenvalue weighted by atomic mass is 10.0. The molecule has 0 bridgehead atoms. The molecule has 0 fully saturated rings. The summed E-state index contributed by atoms with van der Waals surface area (Å²) in [6.45, 7) is 1.71. The van der Waals surface area contributed by atoms with Gasteiger partial charge in [-0.15, -0.1) is 0 Å². The Morgan fingerprint density at radius 3 is 2.48 bits per heavy atom. The third-order valence-corrected chi connectivity index (χ3v) is 6.12. The van der Waals surface area contributed by atoms with Crippen LogP contribution in [0.4, 0.5) is 5.69 Å². The van der Waals surface area contributed by atoms with Crippen LogP contribution in [0.3, 0.4) is 0 Å². The van der Waals surface area contributed by atoms with Crippen molar-refractivity contribution in [2.75, 3.05) is 7.11 Å². The molecule has 4 rings (SSSR count). The molecule has 0 aliphatic carbocycles. The van der Waals surface area contributed by atoms with Crippen molar-refractivity contribution >= 4 is 35.1 Å². The topological polar surface area (TPSA) is 104 Å². The quantitative estimate of drug-likeness (QED) is 0.330. The molecule has 0 amide bonds. The van der Waals surface area contributed by atoms with Crippen LogP contribution in [0.2, 0.25) is 0 Å². The van der Waals surface area contributed by atoms with Gasteiger partial charge in [-0.3, -0.25) is 19.5 Å². The van der Waals surface area contributed by atoms with Gasteiger partial charge in [0, 0.05) is 12.1 Å². The van der Waals surface area contributed by atoms with Crippen LogP contribution in [0.25, 0.3) is 12.2 Å². The predicted octanol–water partition coefficient (Wildman–Crippen LogP) is 2.98. The number of carbonyl (C=O) groups is 1. The molecule has 1 aromatic heterocycles. The molecule has 1 unspecified atom stereocenters. The summed E-state index contributed by atoms with van der Waals surface area (Å²) in [5.41, 5.74) is 1.99. The Balaban J connectivity index is 1.84. The van der Waals surface area contributed by atoms with Crippen molar-refractivity contribution in [1.82, 2.24) is 4.57 Å². The second kappa shape index (κ2) is 9.17. The summed E-state index contributed by atoms with van der Waals surface area (Å²) >= 11 is 1.19. The maximum atomic E-state index is 13.3. The molecule has 0 N–H and O–H groups in total. The van der Waals surface area contributed by atoms with Gasteiger partial charge in [-0.1, -0.05) is 53.8 Å². The van der Waals surface area contributed by atoms with E-state index in [0.29, 0.717) is 26.2 Å². The number of ether oxygens (including phenoxy) is 1. The van der Waals surface area contributed by atoms with Crippen LogP contribution in [0.1, 0.15) is 24.1 Å². The Morgan fingerprint density at radius 2 is 1.85 bits per heavy atom. The van der Waals surface area contributed by atoms with Crippen molar-refractivity contribution in [2.24, 2.45) is 4.99 Å². The number of allylic oxidation sites excluding steroid dienone is 2. The van der Waals surface area contributed by atoms with Crippen LogP contribution >= 0.6 is 11.3 Å². The molecular formula is C24H19N3O5S. The fourth-order valence-electron chi connectivity index (χ4n) is 3.53. The molecule has 0 radical (unpaired) electrons. The number of benzene rings is 2. The standard InChI is InChI=1S/C24H19N3O5S/c1-15-21(23(29)32-2)19(13-10-16-6-4-3-5-7-16)26-22(28)20(33-24(26)25-15)14-17-8-11-18(12-9-17)27(30)31/h3-14,19H,1-2H3. The number of esters is 1. The number of fused-ring (bicyclic) bond motifs is 1. The molecule has 1 aliphatic heterocycles. The van der Waals surface area contributed by atoms with Gasteiger partial charge in [0.15, 0.2) is 4.80 Å². The number of hydrogen-bond acceptors (Lipinski definition) is 7. The highest BCUT2D eigenvalue weighted by molar-refractivity contribution is 7.07. The van der Waals surface area contributed by atoms with E-state index in [1.807, 2.05) is 36.4 Å². The second-order valence-corrected chi connectivity index (χ2v) is 8.24. The molecule has 2 heterocycles. The van der Waals surface area contributed by atoms with E-state index < -0.39 is 16.9 Å². The number of carbonyl (C=O) groups excluding carboxylic acids is 1. The number of non-ortho nitro benzene ring substituents is 1. The molecule has 2 aromatic carbocycles. The molecular weight excluding hydrogens is 442 g/mol. The van der Waals surface area contributed by atoms with Gasteiger partial charge >= 0.3 is 5.97 Å². The number of hydrogen-bond donors (Lipinski definition) is 0. The van der Waals surface area contributed by atoms with E-state index in [9.17, 15) is 19.7 Å². The Morgan fingerprint density at radius 1 is 1.15 bits per heavy atom. The zero-order chi connectivity index (χ0) is 23.5. The first-order valence-electron chi connectivity index (χ1n) is 9.97. The van der Waals surface area contributed by atoms with E-state index in [1.54, 1.807) is 31.2 Å². The zero-order valence-electron chi connectivity index (χ0n) is 17.8. The number of thiazole rings is 1. The Kier molecular flexibility index (Phi) is 6.14. The maximum Gasteiger partial charge on any atom is 0.338 e. The molecule has 3 aromatic rings.